The lowest BCUT2D eigenvalue weighted by Gasteiger charge is -2.24. The van der Waals surface area contributed by atoms with Crippen molar-refractivity contribution >= 4 is 17.9 Å². The summed E-state index contributed by atoms with van der Waals surface area (Å²) < 4.78 is 10.6. The fourth-order valence-electron chi connectivity index (χ4n) is 2.96. The van der Waals surface area contributed by atoms with Crippen molar-refractivity contribution < 1.29 is 19.4 Å². The van der Waals surface area contributed by atoms with Crippen molar-refractivity contribution in [1.82, 2.24) is 4.98 Å². The van der Waals surface area contributed by atoms with Gasteiger partial charge in [0.2, 0.25) is 0 Å². The Morgan fingerprint density at radius 1 is 1.48 bits per heavy atom. The summed E-state index contributed by atoms with van der Waals surface area (Å²) in [6, 6.07) is 2.07. The molecule has 1 aromatic heterocycles. The van der Waals surface area contributed by atoms with Crippen LogP contribution >= 0.6 is 0 Å². The average Bonchev–Trinajstić information content (AvgIpc) is 2.51. The molecule has 6 heteroatoms. The number of aliphatic hydroxyl groups is 1. The Morgan fingerprint density at radius 3 is 2.76 bits per heavy atom. The molecular formula is C19H28N2O4. The average molecular weight is 348 g/mol. The van der Waals surface area contributed by atoms with Crippen LogP contribution in [0.2, 0.25) is 0 Å². The number of rotatable bonds is 6. The summed E-state index contributed by atoms with van der Waals surface area (Å²) >= 11 is 0. The van der Waals surface area contributed by atoms with E-state index in [0.29, 0.717) is 13.0 Å². The van der Waals surface area contributed by atoms with Crippen molar-refractivity contribution in [2.45, 2.75) is 51.4 Å². The zero-order valence-electron chi connectivity index (χ0n) is 15.7. The van der Waals surface area contributed by atoms with Gasteiger partial charge in [0.15, 0.2) is 0 Å². The Morgan fingerprint density at radius 2 is 2.20 bits per heavy atom. The summed E-state index contributed by atoms with van der Waals surface area (Å²) in [6.07, 6.45) is 3.20. The molecule has 0 bridgehead atoms. The topological polar surface area (TPSA) is 71.9 Å². The molecule has 0 amide bonds. The van der Waals surface area contributed by atoms with E-state index >= 15 is 0 Å². The molecule has 2 atom stereocenters. The zero-order valence-corrected chi connectivity index (χ0v) is 15.7. The lowest BCUT2D eigenvalue weighted by atomic mass is 9.99. The van der Waals surface area contributed by atoms with Crippen LogP contribution in [0, 0.1) is 0 Å². The quantitative estimate of drug-likeness (QED) is 0.797. The normalized spacial score (nSPS) is 21.0. The summed E-state index contributed by atoms with van der Waals surface area (Å²) in [5.41, 5.74) is 2.95. The predicted molar refractivity (Wildman–Crippen MR) is 97.5 cm³/mol. The van der Waals surface area contributed by atoms with E-state index < -0.39 is 12.2 Å². The van der Waals surface area contributed by atoms with Crippen molar-refractivity contribution in [3.8, 4) is 0 Å². The van der Waals surface area contributed by atoms with E-state index in [0.717, 1.165) is 22.6 Å². The van der Waals surface area contributed by atoms with E-state index in [-0.39, 0.29) is 18.3 Å². The van der Waals surface area contributed by atoms with Gasteiger partial charge in [-0.3, -0.25) is 4.79 Å². The summed E-state index contributed by atoms with van der Waals surface area (Å²) in [5, 5.41) is 9.73. The number of hydrogen-bond donors (Lipinski definition) is 1. The monoisotopic (exact) mass is 348 g/mol. The molecule has 0 spiro atoms. The van der Waals surface area contributed by atoms with Crippen LogP contribution in [0.5, 0.6) is 0 Å². The molecule has 0 saturated carbocycles. The van der Waals surface area contributed by atoms with Crippen LogP contribution < -0.4 is 4.90 Å². The highest BCUT2D eigenvalue weighted by molar-refractivity contribution is 5.71. The largest absolute Gasteiger partial charge is 0.458 e. The van der Waals surface area contributed by atoms with Crippen LogP contribution in [-0.4, -0.2) is 49.5 Å². The smallest absolute Gasteiger partial charge is 0.309 e. The number of aromatic nitrogens is 1. The number of cyclic esters (lactones) is 1. The molecule has 1 aliphatic heterocycles. The lowest BCUT2D eigenvalue weighted by Crippen LogP contribution is -2.31. The molecule has 2 heterocycles. The molecule has 0 aliphatic carbocycles. The highest BCUT2D eigenvalue weighted by atomic mass is 16.5. The first-order valence-corrected chi connectivity index (χ1v) is 8.57. The second-order valence-corrected chi connectivity index (χ2v) is 6.91. The van der Waals surface area contributed by atoms with Gasteiger partial charge in [0.25, 0.3) is 0 Å². The molecule has 6 nitrogen and oxygen atoms in total. The first-order chi connectivity index (χ1) is 11.8. The molecule has 1 N–H and O–H groups in total. The number of carbonyl (C=O) groups excluding carboxylic acids is 1. The highest BCUT2D eigenvalue weighted by Gasteiger charge is 2.25. The summed E-state index contributed by atoms with van der Waals surface area (Å²) in [7, 11) is 5.59. The Balaban J connectivity index is 2.36. The van der Waals surface area contributed by atoms with Gasteiger partial charge in [-0.1, -0.05) is 19.9 Å². The molecule has 25 heavy (non-hydrogen) atoms. The third-order valence-corrected chi connectivity index (χ3v) is 4.09. The van der Waals surface area contributed by atoms with E-state index in [1.165, 1.54) is 0 Å². The maximum absolute atomic E-state index is 11.5. The predicted octanol–water partition coefficient (Wildman–Crippen LogP) is 2.50. The summed E-state index contributed by atoms with van der Waals surface area (Å²) in [4.78, 5) is 18.3. The molecule has 0 aromatic carbocycles. The van der Waals surface area contributed by atoms with Gasteiger partial charge >= 0.3 is 5.97 Å². The summed E-state index contributed by atoms with van der Waals surface area (Å²) in [6.45, 7) is 4.66. The van der Waals surface area contributed by atoms with E-state index in [9.17, 15) is 9.90 Å². The minimum absolute atomic E-state index is 0.0681. The fraction of sp³-hybridized carbons (Fsp3) is 0.579. The first kappa shape index (κ1) is 19.4. The van der Waals surface area contributed by atoms with Crippen molar-refractivity contribution in [3.05, 3.63) is 29.0 Å². The molecule has 0 radical (unpaired) electrons. The number of esters is 1. The van der Waals surface area contributed by atoms with Crippen LogP contribution in [0.25, 0.3) is 6.08 Å². The van der Waals surface area contributed by atoms with Crippen LogP contribution in [0.4, 0.5) is 5.82 Å². The van der Waals surface area contributed by atoms with Crippen molar-refractivity contribution in [2.24, 2.45) is 0 Å². The molecule has 1 fully saturated rings. The molecule has 1 aromatic rings. The Hall–Kier alpha value is -1.92. The van der Waals surface area contributed by atoms with Crippen molar-refractivity contribution in [2.75, 3.05) is 26.1 Å². The SMILES string of the molecule is COCc1cc(/C=C/C2CC(O)CC(=O)O2)c(C(C)C)nc1N(C)C. The standard InChI is InChI=1S/C19H28N2O4/c1-12(2)18-13(6-7-16-9-15(22)10-17(23)25-16)8-14(11-24-5)19(20-18)21(3)4/h6-8,12,15-16,22H,9-11H2,1-5H3/b7-6+. The molecule has 1 saturated heterocycles. The van der Waals surface area contributed by atoms with Crippen LogP contribution in [0.3, 0.4) is 0 Å². The van der Waals surface area contributed by atoms with Crippen LogP contribution in [0.15, 0.2) is 12.1 Å². The number of nitrogens with zero attached hydrogens (tertiary/aromatic N) is 2. The van der Waals surface area contributed by atoms with E-state index in [4.69, 9.17) is 14.5 Å². The van der Waals surface area contributed by atoms with Gasteiger partial charge in [-0.2, -0.15) is 0 Å². The third-order valence-electron chi connectivity index (χ3n) is 4.09. The second kappa shape index (κ2) is 8.45. The van der Waals surface area contributed by atoms with Gasteiger partial charge in [-0.15, -0.1) is 0 Å². The zero-order chi connectivity index (χ0) is 18.6. The van der Waals surface area contributed by atoms with Gasteiger partial charge in [0, 0.05) is 33.2 Å². The third kappa shape index (κ3) is 5.03. The number of pyridine rings is 1. The number of ether oxygens (including phenoxy) is 2. The van der Waals surface area contributed by atoms with Gasteiger partial charge in [-0.25, -0.2) is 4.98 Å². The number of aliphatic hydroxyl groups excluding tert-OH is 1. The number of anilines is 1. The van der Waals surface area contributed by atoms with E-state index in [1.54, 1.807) is 7.11 Å². The Kier molecular flexibility index (Phi) is 6.56. The minimum Gasteiger partial charge on any atom is -0.458 e. The van der Waals surface area contributed by atoms with Gasteiger partial charge in [-0.05, 0) is 23.6 Å². The molecular weight excluding hydrogens is 320 g/mol. The van der Waals surface area contributed by atoms with Gasteiger partial charge < -0.3 is 19.5 Å². The maximum atomic E-state index is 11.5. The van der Waals surface area contributed by atoms with Crippen LogP contribution in [-0.2, 0) is 20.9 Å². The minimum atomic E-state index is -0.640. The first-order valence-electron chi connectivity index (χ1n) is 8.57. The number of hydrogen-bond acceptors (Lipinski definition) is 6. The Labute approximate surface area is 149 Å². The van der Waals surface area contributed by atoms with Gasteiger partial charge in [0.1, 0.15) is 11.9 Å². The highest BCUT2D eigenvalue weighted by Crippen LogP contribution is 2.27. The Bertz CT molecular complexity index is 641. The fourth-order valence-corrected chi connectivity index (χ4v) is 2.96. The van der Waals surface area contributed by atoms with E-state index in [1.807, 2.05) is 31.1 Å². The number of carbonyl (C=O) groups is 1. The van der Waals surface area contributed by atoms with Crippen molar-refractivity contribution in [1.29, 1.82) is 0 Å². The van der Waals surface area contributed by atoms with Gasteiger partial charge in [0.05, 0.1) is 24.8 Å². The number of methoxy groups -OCH3 is 1. The molecule has 2 rings (SSSR count). The molecule has 1 aliphatic rings. The second-order valence-electron chi connectivity index (χ2n) is 6.91. The maximum Gasteiger partial charge on any atom is 0.309 e. The van der Waals surface area contributed by atoms with Crippen LogP contribution in [0.1, 0.15) is 49.4 Å². The molecule has 2 unspecified atom stereocenters. The molecule has 138 valence electrons. The van der Waals surface area contributed by atoms with Crippen molar-refractivity contribution in [3.63, 3.8) is 0 Å². The lowest BCUT2D eigenvalue weighted by molar-refractivity contribution is -0.156. The van der Waals surface area contributed by atoms with E-state index in [2.05, 4.69) is 19.9 Å². The summed E-state index contributed by atoms with van der Waals surface area (Å²) in [5.74, 6) is 0.773.